The van der Waals surface area contributed by atoms with Crippen molar-refractivity contribution in [1.29, 1.82) is 0 Å². The Labute approximate surface area is 126 Å². The van der Waals surface area contributed by atoms with Crippen LogP contribution in [0.15, 0.2) is 18.2 Å². The maximum atomic E-state index is 13.9. The van der Waals surface area contributed by atoms with E-state index in [1.54, 1.807) is 12.1 Å². The maximum Gasteiger partial charge on any atom is 0.165 e. The van der Waals surface area contributed by atoms with Gasteiger partial charge in [0.2, 0.25) is 0 Å². The summed E-state index contributed by atoms with van der Waals surface area (Å²) in [6, 6.07) is 4.81. The van der Waals surface area contributed by atoms with Crippen molar-refractivity contribution in [1.82, 2.24) is 5.32 Å². The summed E-state index contributed by atoms with van der Waals surface area (Å²) in [7, 11) is -3.10. The van der Waals surface area contributed by atoms with E-state index in [1.807, 2.05) is 20.8 Å². The average Bonchev–Trinajstić information content (AvgIpc) is 2.40. The van der Waals surface area contributed by atoms with Gasteiger partial charge in [0, 0.05) is 6.04 Å². The van der Waals surface area contributed by atoms with Crippen LogP contribution in [0.4, 0.5) is 4.39 Å². The molecule has 0 fully saturated rings. The van der Waals surface area contributed by atoms with Crippen molar-refractivity contribution in [3.8, 4) is 5.75 Å². The van der Waals surface area contributed by atoms with Crippen LogP contribution in [-0.2, 0) is 9.84 Å². The summed E-state index contributed by atoms with van der Waals surface area (Å²) in [4.78, 5) is 0. The molecule has 0 aliphatic heterocycles. The van der Waals surface area contributed by atoms with E-state index >= 15 is 0 Å². The zero-order valence-electron chi connectivity index (χ0n) is 12.9. The number of hydrogen-bond acceptors (Lipinski definition) is 4. The molecular formula is C15H24FNO3S. The molecule has 0 radical (unpaired) electrons. The number of hydrogen-bond donors (Lipinski definition) is 1. The molecule has 6 heteroatoms. The van der Waals surface area contributed by atoms with Crippen LogP contribution in [0, 0.1) is 5.82 Å². The van der Waals surface area contributed by atoms with E-state index in [2.05, 4.69) is 5.32 Å². The summed E-state index contributed by atoms with van der Waals surface area (Å²) in [6.45, 7) is 6.52. The van der Waals surface area contributed by atoms with E-state index in [-0.39, 0.29) is 29.9 Å². The van der Waals surface area contributed by atoms with Gasteiger partial charge in [-0.3, -0.25) is 0 Å². The smallest absolute Gasteiger partial charge is 0.165 e. The van der Waals surface area contributed by atoms with Crippen molar-refractivity contribution in [3.63, 3.8) is 0 Å². The third-order valence-electron chi connectivity index (χ3n) is 3.13. The summed E-state index contributed by atoms with van der Waals surface area (Å²) in [6.07, 6.45) is 0.577. The van der Waals surface area contributed by atoms with Crippen molar-refractivity contribution in [3.05, 3.63) is 29.6 Å². The lowest BCUT2D eigenvalue weighted by Crippen LogP contribution is -2.18. The molecule has 1 aromatic rings. The molecule has 1 unspecified atom stereocenters. The first-order valence-corrected chi connectivity index (χ1v) is 9.07. The van der Waals surface area contributed by atoms with Crippen LogP contribution >= 0.6 is 0 Å². The van der Waals surface area contributed by atoms with Gasteiger partial charge in [0.15, 0.2) is 21.4 Å². The van der Waals surface area contributed by atoms with Gasteiger partial charge in [-0.05, 0) is 37.6 Å². The van der Waals surface area contributed by atoms with Crippen LogP contribution in [-0.4, -0.2) is 33.1 Å². The molecule has 1 N–H and O–H groups in total. The monoisotopic (exact) mass is 317 g/mol. The van der Waals surface area contributed by atoms with Crippen LogP contribution < -0.4 is 10.1 Å². The fraction of sp³-hybridized carbons (Fsp3) is 0.600. The van der Waals surface area contributed by atoms with Gasteiger partial charge >= 0.3 is 0 Å². The third-order valence-corrected chi connectivity index (χ3v) is 4.95. The highest BCUT2D eigenvalue weighted by atomic mass is 32.2. The second-order valence-electron chi connectivity index (χ2n) is 4.97. The molecule has 21 heavy (non-hydrogen) atoms. The Morgan fingerprint density at radius 3 is 2.57 bits per heavy atom. The minimum Gasteiger partial charge on any atom is -0.489 e. The zero-order valence-corrected chi connectivity index (χ0v) is 13.7. The summed E-state index contributed by atoms with van der Waals surface area (Å²) in [5, 5.41) is 3.20. The first-order chi connectivity index (χ1) is 9.89. The molecule has 0 saturated carbocycles. The Bertz CT molecular complexity index is 546. The topological polar surface area (TPSA) is 55.4 Å². The lowest BCUT2D eigenvalue weighted by Gasteiger charge is -2.14. The predicted octanol–water partition coefficient (Wildman–Crippen LogP) is 2.70. The van der Waals surface area contributed by atoms with Crippen molar-refractivity contribution >= 4 is 9.84 Å². The molecule has 0 aromatic heterocycles. The minimum absolute atomic E-state index is 0.0264. The number of sulfone groups is 1. The highest BCUT2D eigenvalue weighted by Crippen LogP contribution is 2.22. The van der Waals surface area contributed by atoms with Crippen LogP contribution in [0.1, 0.15) is 38.8 Å². The average molecular weight is 317 g/mol. The number of benzene rings is 1. The highest BCUT2D eigenvalue weighted by molar-refractivity contribution is 7.91. The largest absolute Gasteiger partial charge is 0.489 e. The maximum absolute atomic E-state index is 13.9. The first kappa shape index (κ1) is 17.9. The van der Waals surface area contributed by atoms with Gasteiger partial charge in [0.05, 0.1) is 11.5 Å². The first-order valence-electron chi connectivity index (χ1n) is 7.25. The van der Waals surface area contributed by atoms with Gasteiger partial charge in [-0.1, -0.05) is 19.9 Å². The van der Waals surface area contributed by atoms with Gasteiger partial charge in [0.25, 0.3) is 0 Å². The van der Waals surface area contributed by atoms with Gasteiger partial charge in [0.1, 0.15) is 6.61 Å². The molecular weight excluding hydrogens is 293 g/mol. The van der Waals surface area contributed by atoms with Gasteiger partial charge in [-0.15, -0.1) is 0 Å². The Hall–Kier alpha value is -1.14. The summed E-state index contributed by atoms with van der Waals surface area (Å²) < 4.78 is 42.2. The summed E-state index contributed by atoms with van der Waals surface area (Å²) >= 11 is 0. The van der Waals surface area contributed by atoms with E-state index in [9.17, 15) is 12.8 Å². The van der Waals surface area contributed by atoms with E-state index in [4.69, 9.17) is 4.74 Å². The molecule has 0 amide bonds. The van der Waals surface area contributed by atoms with Crippen LogP contribution in [0.5, 0.6) is 5.75 Å². The summed E-state index contributed by atoms with van der Waals surface area (Å²) in [5.41, 5.74) is 0.834. The molecule has 4 nitrogen and oxygen atoms in total. The summed E-state index contributed by atoms with van der Waals surface area (Å²) in [5.74, 6) is -0.326. The number of nitrogens with one attached hydrogen (secondary N) is 1. The fourth-order valence-electron chi connectivity index (χ4n) is 2.02. The highest BCUT2D eigenvalue weighted by Gasteiger charge is 2.12. The molecule has 0 heterocycles. The van der Waals surface area contributed by atoms with Gasteiger partial charge < -0.3 is 10.1 Å². The van der Waals surface area contributed by atoms with E-state index in [0.717, 1.165) is 12.1 Å². The van der Waals surface area contributed by atoms with E-state index in [0.29, 0.717) is 6.42 Å². The van der Waals surface area contributed by atoms with Gasteiger partial charge in [-0.25, -0.2) is 12.8 Å². The molecule has 1 aromatic carbocycles. The molecule has 120 valence electrons. The predicted molar refractivity (Wildman–Crippen MR) is 82.9 cm³/mol. The Balaban J connectivity index is 2.61. The fourth-order valence-corrected chi connectivity index (χ4v) is 3.18. The Morgan fingerprint density at radius 1 is 1.29 bits per heavy atom. The van der Waals surface area contributed by atoms with Crippen LogP contribution in [0.25, 0.3) is 0 Å². The van der Waals surface area contributed by atoms with Crippen molar-refractivity contribution in [2.75, 3.05) is 24.7 Å². The lowest BCUT2D eigenvalue weighted by atomic mass is 10.1. The molecule has 0 aliphatic rings. The Kier molecular flexibility index (Phi) is 7.11. The van der Waals surface area contributed by atoms with Crippen LogP contribution in [0.2, 0.25) is 0 Å². The number of ether oxygens (including phenoxy) is 1. The van der Waals surface area contributed by atoms with Gasteiger partial charge in [-0.2, -0.15) is 0 Å². The quantitative estimate of drug-likeness (QED) is 0.761. The molecule has 0 bridgehead atoms. The lowest BCUT2D eigenvalue weighted by molar-refractivity contribution is 0.322. The third kappa shape index (κ3) is 6.01. The SMILES string of the molecule is CCCS(=O)(=O)CCOc1ccc(C(C)NCC)cc1F. The molecule has 0 spiro atoms. The second-order valence-corrected chi connectivity index (χ2v) is 7.27. The minimum atomic E-state index is -3.10. The standard InChI is InChI=1S/C15H24FNO3S/c1-4-9-21(18,19)10-8-20-15-7-6-13(11-14(15)16)12(3)17-5-2/h6-7,11-12,17H,4-5,8-10H2,1-3H3. The second kappa shape index (κ2) is 8.34. The van der Waals surface area contributed by atoms with E-state index in [1.165, 1.54) is 6.07 Å². The molecule has 1 atom stereocenters. The molecule has 0 aliphatic carbocycles. The molecule has 1 rings (SSSR count). The van der Waals surface area contributed by atoms with Crippen molar-refractivity contribution in [2.24, 2.45) is 0 Å². The molecule has 0 saturated heterocycles. The zero-order chi connectivity index (χ0) is 15.9. The normalized spacial score (nSPS) is 13.1. The van der Waals surface area contributed by atoms with Crippen molar-refractivity contribution < 1.29 is 17.5 Å². The number of halogens is 1. The number of rotatable bonds is 9. The van der Waals surface area contributed by atoms with Crippen molar-refractivity contribution in [2.45, 2.75) is 33.2 Å². The van der Waals surface area contributed by atoms with Crippen LogP contribution in [0.3, 0.4) is 0 Å². The Morgan fingerprint density at radius 2 is 2.00 bits per heavy atom. The van der Waals surface area contributed by atoms with E-state index < -0.39 is 15.7 Å².